The molecule has 49 heavy (non-hydrogen) atoms. The first-order valence-electron chi connectivity index (χ1n) is 17.0. The summed E-state index contributed by atoms with van der Waals surface area (Å²) in [6, 6.07) is 4.12. The summed E-state index contributed by atoms with van der Waals surface area (Å²) in [6.45, 7) is 5.92. The summed E-state index contributed by atoms with van der Waals surface area (Å²) in [7, 11) is -3.95. The van der Waals surface area contributed by atoms with E-state index in [1.165, 1.54) is 4.90 Å². The topological polar surface area (TPSA) is 176 Å². The fourth-order valence-corrected chi connectivity index (χ4v) is 8.58. The molecule has 2 aliphatic carbocycles. The predicted molar refractivity (Wildman–Crippen MR) is 185 cm³/mol. The SMILES string of the molecule is CCc1cnc(-c2ccc(C)cc2NC(=O)OC2CC3C(=O)NC4(C(=O)NS(=O)(=O)C5(C)CC5)CC4/C=C/CCCCCNC(=O)N3C2)s1. The van der Waals surface area contributed by atoms with Gasteiger partial charge >= 0.3 is 12.1 Å². The Kier molecular flexibility index (Phi) is 9.77. The maximum atomic E-state index is 13.9. The van der Waals surface area contributed by atoms with Gasteiger partial charge in [-0.1, -0.05) is 31.6 Å². The molecule has 5 amide bonds. The summed E-state index contributed by atoms with van der Waals surface area (Å²) in [5, 5.41) is 9.29. The molecule has 0 radical (unpaired) electrons. The van der Waals surface area contributed by atoms with Crippen LogP contribution >= 0.6 is 11.3 Å². The number of nitrogens with one attached hydrogen (secondary N) is 4. The number of carbonyl (C=O) groups is 4. The number of amides is 5. The lowest BCUT2D eigenvalue weighted by Gasteiger charge is -2.27. The van der Waals surface area contributed by atoms with Crippen LogP contribution < -0.4 is 20.7 Å². The third-order valence-corrected chi connectivity index (χ3v) is 13.3. The molecule has 15 heteroatoms. The molecule has 4 atom stereocenters. The Morgan fingerprint density at radius 1 is 1.18 bits per heavy atom. The second-order valence-corrected chi connectivity index (χ2v) is 17.1. The van der Waals surface area contributed by atoms with Crippen LogP contribution in [0.1, 0.15) is 75.7 Å². The van der Waals surface area contributed by atoms with Crippen LogP contribution in [-0.4, -0.2) is 77.8 Å². The zero-order valence-corrected chi connectivity index (χ0v) is 29.7. The minimum absolute atomic E-state index is 0.00569. The van der Waals surface area contributed by atoms with Crippen molar-refractivity contribution in [2.24, 2.45) is 5.92 Å². The van der Waals surface area contributed by atoms with Crippen LogP contribution in [0.15, 0.2) is 36.5 Å². The monoisotopic (exact) mass is 712 g/mol. The van der Waals surface area contributed by atoms with Gasteiger partial charge in [0.2, 0.25) is 15.9 Å². The lowest BCUT2D eigenvalue weighted by Crippen LogP contribution is -2.57. The van der Waals surface area contributed by atoms with Gasteiger partial charge in [-0.15, -0.1) is 11.3 Å². The molecule has 3 fully saturated rings. The molecule has 4 unspecified atom stereocenters. The second-order valence-electron chi connectivity index (χ2n) is 13.8. The lowest BCUT2D eigenvalue weighted by molar-refractivity contribution is -0.131. The Morgan fingerprint density at radius 2 is 1.98 bits per heavy atom. The number of carbonyl (C=O) groups excluding carboxylic acids is 4. The number of ether oxygens (including phenoxy) is 1. The first-order valence-corrected chi connectivity index (χ1v) is 19.3. The Balaban J connectivity index is 1.19. The number of fused-ring (bicyclic) bond motifs is 2. The molecule has 1 aromatic heterocycles. The number of urea groups is 1. The summed E-state index contributed by atoms with van der Waals surface area (Å²) >= 11 is 1.54. The highest BCUT2D eigenvalue weighted by Crippen LogP contribution is 2.47. The average molecular weight is 713 g/mol. The van der Waals surface area contributed by atoms with E-state index in [1.54, 1.807) is 18.3 Å². The lowest BCUT2D eigenvalue weighted by atomic mass is 10.1. The quantitative estimate of drug-likeness (QED) is 0.306. The normalized spacial score (nSPS) is 27.2. The minimum atomic E-state index is -3.95. The predicted octanol–water partition coefficient (Wildman–Crippen LogP) is 4.39. The highest BCUT2D eigenvalue weighted by molar-refractivity contribution is 7.91. The van der Waals surface area contributed by atoms with Crippen molar-refractivity contribution >= 4 is 51.0 Å². The molecule has 2 aromatic rings. The van der Waals surface area contributed by atoms with E-state index in [2.05, 4.69) is 25.7 Å². The third-order valence-electron chi connectivity index (χ3n) is 9.93. The van der Waals surface area contributed by atoms with Crippen LogP contribution in [0.3, 0.4) is 0 Å². The highest BCUT2D eigenvalue weighted by atomic mass is 32.2. The number of anilines is 1. The van der Waals surface area contributed by atoms with Crippen LogP contribution in [0.5, 0.6) is 0 Å². The molecule has 3 heterocycles. The Hall–Kier alpha value is -3.98. The fraction of sp³-hybridized carbons (Fsp3) is 0.559. The van der Waals surface area contributed by atoms with E-state index >= 15 is 0 Å². The molecule has 264 valence electrons. The molecule has 6 rings (SSSR count). The maximum absolute atomic E-state index is 13.9. The van der Waals surface area contributed by atoms with Gasteiger partial charge in [0.1, 0.15) is 22.7 Å². The highest BCUT2D eigenvalue weighted by Gasteiger charge is 2.63. The molecule has 2 saturated carbocycles. The Bertz CT molecular complexity index is 1770. The fourth-order valence-electron chi connectivity index (χ4n) is 6.38. The van der Waals surface area contributed by atoms with Gasteiger partial charge in [-0.2, -0.15) is 0 Å². The van der Waals surface area contributed by atoms with Crippen LogP contribution in [0.25, 0.3) is 10.6 Å². The molecule has 0 spiro atoms. The number of allylic oxidation sites excluding steroid dienone is 1. The van der Waals surface area contributed by atoms with Gasteiger partial charge in [-0.05, 0) is 76.5 Å². The standard InChI is InChI=1S/C34H44N6O7S2/c1-4-24-19-36-29(48-24)25-12-11-21(2)16-26(25)37-32(44)47-23-17-27-28(41)38-34(30(42)39-49(45,46)33(3)13-14-33)18-22(34)10-8-6-5-7-9-15-35-31(43)40(27)20-23/h8,10-12,16,19,22-23,27H,4-7,9,13-15,17-18,20H2,1-3H3,(H,35,43)(H,37,44)(H,38,41)(H,39,42)/b10-8+. The summed E-state index contributed by atoms with van der Waals surface area (Å²) in [6.07, 6.45) is 9.30. The van der Waals surface area contributed by atoms with Crippen LogP contribution in [0, 0.1) is 12.8 Å². The summed E-state index contributed by atoms with van der Waals surface area (Å²) in [5.74, 6) is -1.80. The summed E-state index contributed by atoms with van der Waals surface area (Å²) < 4.78 is 33.0. The number of thiazole rings is 1. The van der Waals surface area contributed by atoms with Crippen molar-refractivity contribution in [3.05, 3.63) is 47.0 Å². The molecule has 4 N–H and O–H groups in total. The van der Waals surface area contributed by atoms with E-state index in [-0.39, 0.29) is 19.4 Å². The number of rotatable bonds is 7. The van der Waals surface area contributed by atoms with Gasteiger partial charge in [-0.3, -0.25) is 19.6 Å². The van der Waals surface area contributed by atoms with Gasteiger partial charge in [0, 0.05) is 35.5 Å². The van der Waals surface area contributed by atoms with Crippen molar-refractivity contribution in [1.29, 1.82) is 0 Å². The molecule has 13 nitrogen and oxygen atoms in total. The largest absolute Gasteiger partial charge is 0.444 e. The third kappa shape index (κ3) is 7.47. The van der Waals surface area contributed by atoms with E-state index in [9.17, 15) is 27.6 Å². The molecular formula is C34H44N6O7S2. The van der Waals surface area contributed by atoms with Crippen molar-refractivity contribution in [2.75, 3.05) is 18.4 Å². The van der Waals surface area contributed by atoms with Gasteiger partial charge < -0.3 is 20.3 Å². The van der Waals surface area contributed by atoms with Gasteiger partial charge in [0.05, 0.1) is 17.0 Å². The number of hydrogen-bond donors (Lipinski definition) is 4. The van der Waals surface area contributed by atoms with Crippen molar-refractivity contribution in [3.8, 4) is 10.6 Å². The number of hydrogen-bond acceptors (Lipinski definition) is 9. The summed E-state index contributed by atoms with van der Waals surface area (Å²) in [5.41, 5.74) is 0.733. The summed E-state index contributed by atoms with van der Waals surface area (Å²) in [4.78, 5) is 61.1. The number of aryl methyl sites for hydroxylation is 2. The van der Waals surface area contributed by atoms with Crippen molar-refractivity contribution in [2.45, 2.75) is 101 Å². The molecule has 1 saturated heterocycles. The zero-order chi connectivity index (χ0) is 35.0. The van der Waals surface area contributed by atoms with Crippen molar-refractivity contribution in [3.63, 3.8) is 0 Å². The molecule has 4 aliphatic rings. The first kappa shape index (κ1) is 34.9. The Morgan fingerprint density at radius 3 is 2.71 bits per heavy atom. The number of aromatic nitrogens is 1. The maximum Gasteiger partial charge on any atom is 0.411 e. The van der Waals surface area contributed by atoms with Crippen LogP contribution in [0.4, 0.5) is 15.3 Å². The van der Waals surface area contributed by atoms with Crippen LogP contribution in [0.2, 0.25) is 0 Å². The van der Waals surface area contributed by atoms with E-state index in [0.717, 1.165) is 53.1 Å². The van der Waals surface area contributed by atoms with E-state index in [1.807, 2.05) is 50.4 Å². The smallest absolute Gasteiger partial charge is 0.411 e. The molecule has 0 bridgehead atoms. The molecular weight excluding hydrogens is 669 g/mol. The van der Waals surface area contributed by atoms with Gasteiger partial charge in [0.25, 0.3) is 5.91 Å². The van der Waals surface area contributed by atoms with Crippen molar-refractivity contribution in [1.82, 2.24) is 25.2 Å². The number of sulfonamides is 1. The number of benzene rings is 1. The molecule has 1 aromatic carbocycles. The van der Waals surface area contributed by atoms with E-state index < -0.39 is 62.3 Å². The Labute approximate surface area is 290 Å². The average Bonchev–Trinajstić information content (AvgIpc) is 3.83. The molecule has 2 aliphatic heterocycles. The van der Waals surface area contributed by atoms with Crippen LogP contribution in [-0.2, 0) is 30.8 Å². The second kappa shape index (κ2) is 13.7. The van der Waals surface area contributed by atoms with Crippen molar-refractivity contribution < 1.29 is 32.3 Å². The van der Waals surface area contributed by atoms with E-state index in [4.69, 9.17) is 4.74 Å². The number of nitrogens with zero attached hydrogens (tertiary/aromatic N) is 2. The van der Waals surface area contributed by atoms with Gasteiger partial charge in [0.15, 0.2) is 0 Å². The van der Waals surface area contributed by atoms with E-state index in [0.29, 0.717) is 25.1 Å². The zero-order valence-electron chi connectivity index (χ0n) is 28.0. The minimum Gasteiger partial charge on any atom is -0.444 e. The van der Waals surface area contributed by atoms with Gasteiger partial charge in [-0.25, -0.2) is 23.0 Å². The first-order chi connectivity index (χ1) is 23.3.